The third-order valence-corrected chi connectivity index (χ3v) is 11.2. The molecular weight excluding hydrogens is 644 g/mol. The molecule has 2 atom stereocenters. The van der Waals surface area contributed by atoms with E-state index < -0.39 is 27.5 Å². The molecule has 0 bridgehead atoms. The Bertz CT molecular complexity index is 1880. The van der Waals surface area contributed by atoms with Gasteiger partial charge >= 0.3 is 0 Å². The first-order chi connectivity index (χ1) is 22.8. The van der Waals surface area contributed by atoms with Crippen LogP contribution in [-0.4, -0.2) is 76.2 Å². The lowest BCUT2D eigenvalue weighted by Crippen LogP contribution is -2.54. The molecule has 2 fully saturated rings. The standard InChI is InChI=1S/C34H35ClN4O7S/c1-43-25-7-9-26(10-8-25)47(41,42)39-29-12-6-24(35)21-28(29)34(33(39)40,38-14-3-4-30(38)32-36-13-17-46-32)27-11-5-23(20-31(27)44-2)22-37-15-18-45-19-16-37/h5-13,17,20-21,30H,3-4,14-16,18-19,22H2,1-2H3/t30-,34?/m0/s1. The average molecular weight is 679 g/mol. The Hall–Kier alpha value is -3.94. The minimum Gasteiger partial charge on any atom is -0.497 e. The van der Waals surface area contributed by atoms with Crippen molar-refractivity contribution in [1.82, 2.24) is 14.8 Å². The second kappa shape index (κ2) is 12.6. The van der Waals surface area contributed by atoms with Crippen LogP contribution < -0.4 is 13.8 Å². The number of benzene rings is 3. The van der Waals surface area contributed by atoms with Crippen LogP contribution in [0.5, 0.6) is 11.5 Å². The molecule has 0 spiro atoms. The van der Waals surface area contributed by atoms with Gasteiger partial charge in [-0.05, 0) is 66.9 Å². The number of hydrogen-bond donors (Lipinski definition) is 0. The van der Waals surface area contributed by atoms with Crippen LogP contribution in [-0.2, 0) is 31.6 Å². The second-order valence-electron chi connectivity index (χ2n) is 11.8. The Labute approximate surface area is 278 Å². The summed E-state index contributed by atoms with van der Waals surface area (Å²) < 4.78 is 52.5. The number of aromatic nitrogens is 1. The number of ether oxygens (including phenoxy) is 3. The van der Waals surface area contributed by atoms with Crippen molar-refractivity contribution >= 4 is 33.2 Å². The molecule has 4 heterocycles. The zero-order chi connectivity index (χ0) is 32.8. The third-order valence-electron chi connectivity index (χ3n) is 9.24. The fraction of sp³-hybridized carbons (Fsp3) is 0.353. The van der Waals surface area contributed by atoms with Crippen LogP contribution in [0, 0.1) is 0 Å². The van der Waals surface area contributed by atoms with E-state index in [2.05, 4.69) is 9.88 Å². The van der Waals surface area contributed by atoms with E-state index in [1.807, 2.05) is 23.1 Å². The highest BCUT2D eigenvalue weighted by Crippen LogP contribution is 2.56. The van der Waals surface area contributed by atoms with Gasteiger partial charge in [-0.1, -0.05) is 23.7 Å². The van der Waals surface area contributed by atoms with Gasteiger partial charge in [0.2, 0.25) is 5.89 Å². The second-order valence-corrected chi connectivity index (χ2v) is 14.0. The molecule has 3 aliphatic heterocycles. The van der Waals surface area contributed by atoms with Crippen molar-refractivity contribution in [3.63, 3.8) is 0 Å². The fourth-order valence-electron chi connectivity index (χ4n) is 7.11. The van der Waals surface area contributed by atoms with Crippen molar-refractivity contribution in [2.45, 2.75) is 35.9 Å². The van der Waals surface area contributed by atoms with Crippen molar-refractivity contribution in [3.8, 4) is 11.5 Å². The van der Waals surface area contributed by atoms with E-state index in [9.17, 15) is 8.42 Å². The number of likely N-dealkylation sites (tertiary alicyclic amines) is 1. The Morgan fingerprint density at radius 2 is 1.77 bits per heavy atom. The van der Waals surface area contributed by atoms with Gasteiger partial charge in [0.15, 0.2) is 5.54 Å². The van der Waals surface area contributed by atoms with E-state index >= 15 is 4.79 Å². The van der Waals surface area contributed by atoms with Crippen LogP contribution >= 0.6 is 11.6 Å². The molecule has 246 valence electrons. The van der Waals surface area contributed by atoms with E-state index in [-0.39, 0.29) is 10.6 Å². The van der Waals surface area contributed by atoms with Gasteiger partial charge in [-0.15, -0.1) is 0 Å². The summed E-state index contributed by atoms with van der Waals surface area (Å²) in [4.78, 5) is 24.1. The molecule has 4 aromatic rings. The number of sulfonamides is 1. The first kappa shape index (κ1) is 31.6. The number of carbonyl (C=O) groups excluding carboxylic acids is 1. The van der Waals surface area contributed by atoms with Crippen LogP contribution in [0.15, 0.2) is 82.4 Å². The van der Waals surface area contributed by atoms with Crippen molar-refractivity contribution < 1.29 is 31.8 Å². The minimum atomic E-state index is -4.41. The van der Waals surface area contributed by atoms with Crippen LogP contribution in [0.4, 0.5) is 5.69 Å². The van der Waals surface area contributed by atoms with Crippen molar-refractivity contribution in [3.05, 3.63) is 101 Å². The quantitative estimate of drug-likeness (QED) is 0.240. The number of oxazole rings is 1. The number of morpholine rings is 1. The zero-order valence-electron chi connectivity index (χ0n) is 26.1. The van der Waals surface area contributed by atoms with Crippen LogP contribution in [0.1, 0.15) is 41.5 Å². The lowest BCUT2D eigenvalue weighted by Gasteiger charge is -2.41. The maximum absolute atomic E-state index is 15.4. The fourth-order valence-corrected chi connectivity index (χ4v) is 8.74. The molecule has 11 nitrogen and oxygen atoms in total. The van der Waals surface area contributed by atoms with E-state index in [0.717, 1.165) is 29.4 Å². The summed E-state index contributed by atoms with van der Waals surface area (Å²) in [6, 6.07) is 16.2. The van der Waals surface area contributed by atoms with Gasteiger partial charge in [0.05, 0.1) is 50.3 Å². The van der Waals surface area contributed by atoms with Gasteiger partial charge in [0, 0.05) is 42.3 Å². The molecule has 0 N–H and O–H groups in total. The summed E-state index contributed by atoms with van der Waals surface area (Å²) in [5.41, 5.74) is 0.494. The molecule has 3 aromatic carbocycles. The SMILES string of the molecule is COc1ccc(S(=O)(=O)N2C(=O)C(c3ccc(CN4CCOCC4)cc3OC)(N3CCC[C@H]3c3ncco3)c3cc(Cl)ccc32)cc1. The summed E-state index contributed by atoms with van der Waals surface area (Å²) in [5.74, 6) is 0.726. The van der Waals surface area contributed by atoms with Gasteiger partial charge in [0.1, 0.15) is 17.8 Å². The molecule has 3 aliphatic rings. The molecule has 7 rings (SSSR count). The van der Waals surface area contributed by atoms with Crippen LogP contribution in [0.3, 0.4) is 0 Å². The summed E-state index contributed by atoms with van der Waals surface area (Å²) in [5, 5.41) is 0.361. The Kier molecular flexibility index (Phi) is 8.48. The monoisotopic (exact) mass is 678 g/mol. The van der Waals surface area contributed by atoms with Gasteiger partial charge in [-0.2, -0.15) is 0 Å². The molecule has 0 aliphatic carbocycles. The maximum Gasteiger partial charge on any atom is 0.271 e. The van der Waals surface area contributed by atoms with Crippen molar-refractivity contribution in [2.24, 2.45) is 0 Å². The number of halogens is 1. The lowest BCUT2D eigenvalue weighted by molar-refractivity contribution is -0.127. The number of carbonyl (C=O) groups is 1. The molecule has 0 saturated carbocycles. The van der Waals surface area contributed by atoms with Crippen LogP contribution in [0.2, 0.25) is 5.02 Å². The minimum absolute atomic E-state index is 0.0538. The molecule has 1 unspecified atom stereocenters. The van der Waals surface area contributed by atoms with Crippen molar-refractivity contribution in [1.29, 1.82) is 0 Å². The number of rotatable bonds is 9. The molecule has 0 radical (unpaired) electrons. The summed E-state index contributed by atoms with van der Waals surface area (Å²) >= 11 is 6.66. The lowest BCUT2D eigenvalue weighted by atomic mass is 9.80. The largest absolute Gasteiger partial charge is 0.497 e. The van der Waals surface area contributed by atoms with Gasteiger partial charge in [-0.25, -0.2) is 17.7 Å². The van der Waals surface area contributed by atoms with E-state index in [1.165, 1.54) is 25.5 Å². The smallest absolute Gasteiger partial charge is 0.271 e. The summed E-state index contributed by atoms with van der Waals surface area (Å²) in [6.07, 6.45) is 4.44. The number of hydrogen-bond acceptors (Lipinski definition) is 10. The molecular formula is C34H35ClN4O7S. The molecule has 1 aromatic heterocycles. The third kappa shape index (κ3) is 5.28. The molecule has 2 saturated heterocycles. The highest BCUT2D eigenvalue weighted by Gasteiger charge is 2.62. The number of methoxy groups -OCH3 is 2. The van der Waals surface area contributed by atoms with E-state index in [4.69, 9.17) is 30.2 Å². The van der Waals surface area contributed by atoms with E-state index in [0.29, 0.717) is 66.3 Å². The van der Waals surface area contributed by atoms with Gasteiger partial charge in [0.25, 0.3) is 15.9 Å². The highest BCUT2D eigenvalue weighted by molar-refractivity contribution is 7.93. The number of anilines is 1. The predicted molar refractivity (Wildman–Crippen MR) is 174 cm³/mol. The number of amides is 1. The predicted octanol–water partition coefficient (Wildman–Crippen LogP) is 4.99. The molecule has 47 heavy (non-hydrogen) atoms. The van der Waals surface area contributed by atoms with Crippen molar-refractivity contribution in [2.75, 3.05) is 51.4 Å². The Morgan fingerprint density at radius 1 is 0.979 bits per heavy atom. The maximum atomic E-state index is 15.4. The first-order valence-electron chi connectivity index (χ1n) is 15.5. The Balaban J connectivity index is 1.45. The zero-order valence-corrected chi connectivity index (χ0v) is 27.7. The number of nitrogens with zero attached hydrogens (tertiary/aromatic N) is 4. The topological polar surface area (TPSA) is 115 Å². The molecule has 1 amide bonds. The average Bonchev–Trinajstić information content (AvgIpc) is 3.84. The normalized spacial score (nSPS) is 22.1. The summed E-state index contributed by atoms with van der Waals surface area (Å²) in [7, 11) is -1.34. The number of fused-ring (bicyclic) bond motifs is 1. The van der Waals surface area contributed by atoms with Gasteiger partial charge in [-0.3, -0.25) is 14.6 Å². The highest BCUT2D eigenvalue weighted by atomic mass is 35.5. The van der Waals surface area contributed by atoms with Gasteiger partial charge < -0.3 is 18.6 Å². The summed E-state index contributed by atoms with van der Waals surface area (Å²) in [6.45, 7) is 4.08. The Morgan fingerprint density at radius 3 is 2.47 bits per heavy atom. The molecule has 13 heteroatoms. The first-order valence-corrected chi connectivity index (χ1v) is 17.3. The van der Waals surface area contributed by atoms with Crippen LogP contribution in [0.25, 0.3) is 0 Å². The van der Waals surface area contributed by atoms with E-state index in [1.54, 1.807) is 43.6 Å².